The Labute approximate surface area is 146 Å². The fraction of sp³-hybridized carbons (Fsp3) is 0.900. The van der Waals surface area contributed by atoms with Crippen LogP contribution in [0.15, 0.2) is 11.4 Å². The molecular weight excluding hydrogens is 282 g/mol. The van der Waals surface area contributed by atoms with E-state index in [4.69, 9.17) is 5.73 Å². The smallest absolute Gasteiger partial charge is 0.0948 e. The molecule has 0 amide bonds. The number of nitrogens with two attached hydrogens (primary N) is 1. The minimum Gasteiger partial charge on any atom is -0.386 e. The summed E-state index contributed by atoms with van der Waals surface area (Å²) in [6, 6.07) is 0. The molecule has 0 aromatic heterocycles. The van der Waals surface area contributed by atoms with Crippen LogP contribution in [0.1, 0.15) is 111 Å². The highest BCUT2D eigenvalue weighted by atomic mass is 15.0. The molecular formula is C20H45N3. The van der Waals surface area contributed by atoms with Crippen molar-refractivity contribution in [3.05, 3.63) is 11.4 Å². The van der Waals surface area contributed by atoms with Crippen molar-refractivity contribution < 1.29 is 0 Å². The maximum absolute atomic E-state index is 6.01. The van der Waals surface area contributed by atoms with Crippen molar-refractivity contribution in [2.24, 2.45) is 5.73 Å². The molecule has 0 heterocycles. The summed E-state index contributed by atoms with van der Waals surface area (Å²) in [4.78, 5) is 0. The maximum atomic E-state index is 6.01. The second-order valence-corrected chi connectivity index (χ2v) is 6.76. The van der Waals surface area contributed by atoms with Gasteiger partial charge in [-0.1, -0.05) is 90.9 Å². The number of hydrogen-bond donors (Lipinski definition) is 3. The van der Waals surface area contributed by atoms with Crippen molar-refractivity contribution in [3.63, 3.8) is 0 Å². The molecule has 6 N–H and O–H groups in total. The molecule has 0 aromatic carbocycles. The molecule has 0 saturated carbocycles. The number of allylic oxidation sites excluding steroid dienone is 1. The fourth-order valence-electron chi connectivity index (χ4n) is 2.85. The first-order valence-corrected chi connectivity index (χ1v) is 9.91. The number of unbranched alkanes of at least 4 members (excludes halogenated alkanes) is 11. The van der Waals surface area contributed by atoms with Crippen LogP contribution in [0.5, 0.6) is 0 Å². The van der Waals surface area contributed by atoms with Gasteiger partial charge in [0.05, 0.1) is 5.82 Å². The summed E-state index contributed by atoms with van der Waals surface area (Å²) >= 11 is 0. The molecule has 0 rings (SSSR count). The van der Waals surface area contributed by atoms with Gasteiger partial charge in [0.1, 0.15) is 0 Å². The molecule has 0 bridgehead atoms. The maximum Gasteiger partial charge on any atom is 0.0948 e. The van der Waals surface area contributed by atoms with E-state index >= 15 is 0 Å². The first kappa shape index (κ1) is 24.6. The summed E-state index contributed by atoms with van der Waals surface area (Å²) in [6.45, 7) is 7.65. The van der Waals surface area contributed by atoms with Gasteiger partial charge in [-0.15, -0.1) is 0 Å². The summed E-state index contributed by atoms with van der Waals surface area (Å²) in [5.74, 6) is 0.907. The predicted molar refractivity (Wildman–Crippen MR) is 106 cm³/mol. The Bertz CT molecular complexity index is 262. The lowest BCUT2D eigenvalue weighted by Crippen LogP contribution is -2.22. The van der Waals surface area contributed by atoms with E-state index in [-0.39, 0.29) is 6.15 Å². The summed E-state index contributed by atoms with van der Waals surface area (Å²) < 4.78 is 0. The van der Waals surface area contributed by atoms with E-state index in [9.17, 15) is 0 Å². The van der Waals surface area contributed by atoms with Crippen LogP contribution in [-0.4, -0.2) is 6.54 Å². The molecule has 0 saturated heterocycles. The van der Waals surface area contributed by atoms with Crippen LogP contribution in [0.2, 0.25) is 0 Å². The molecule has 0 spiro atoms. The third kappa shape index (κ3) is 17.5. The van der Waals surface area contributed by atoms with Crippen LogP contribution in [0, 0.1) is 0 Å². The molecule has 0 atom stereocenters. The van der Waals surface area contributed by atoms with Gasteiger partial charge in [0.2, 0.25) is 0 Å². The lowest BCUT2D eigenvalue weighted by molar-refractivity contribution is 0.540. The molecule has 0 aliphatic carbocycles. The van der Waals surface area contributed by atoms with Crippen LogP contribution in [0.3, 0.4) is 0 Å². The Balaban J connectivity index is 0. The van der Waals surface area contributed by atoms with Crippen LogP contribution in [0.25, 0.3) is 0 Å². The van der Waals surface area contributed by atoms with Gasteiger partial charge in [-0.05, 0) is 25.3 Å². The number of nitrogens with one attached hydrogen (secondary N) is 1. The number of rotatable bonds is 16. The van der Waals surface area contributed by atoms with Crippen molar-refractivity contribution in [1.29, 1.82) is 0 Å². The minimum atomic E-state index is 0. The number of hydrogen-bond acceptors (Lipinski definition) is 3. The van der Waals surface area contributed by atoms with Gasteiger partial charge in [-0.3, -0.25) is 0 Å². The molecule has 3 heteroatoms. The fourth-order valence-corrected chi connectivity index (χ4v) is 2.85. The third-order valence-corrected chi connectivity index (χ3v) is 4.43. The molecule has 0 aliphatic rings. The van der Waals surface area contributed by atoms with Crippen molar-refractivity contribution in [1.82, 2.24) is 11.5 Å². The van der Waals surface area contributed by atoms with E-state index in [0.29, 0.717) is 0 Å². The summed E-state index contributed by atoms with van der Waals surface area (Å²) in [5, 5.41) is 3.36. The van der Waals surface area contributed by atoms with Crippen molar-refractivity contribution >= 4 is 0 Å². The molecule has 0 radical (unpaired) electrons. The van der Waals surface area contributed by atoms with Crippen molar-refractivity contribution in [2.45, 2.75) is 111 Å². The second kappa shape index (κ2) is 19.3. The monoisotopic (exact) mass is 327 g/mol. The molecule has 140 valence electrons. The van der Waals surface area contributed by atoms with Crippen LogP contribution >= 0.6 is 0 Å². The third-order valence-electron chi connectivity index (χ3n) is 4.43. The Morgan fingerprint density at radius 3 is 1.57 bits per heavy atom. The van der Waals surface area contributed by atoms with Gasteiger partial charge in [-0.25, -0.2) is 0 Å². The Morgan fingerprint density at radius 1 is 0.696 bits per heavy atom. The first-order valence-electron chi connectivity index (χ1n) is 9.91. The van der Waals surface area contributed by atoms with E-state index < -0.39 is 0 Å². The van der Waals surface area contributed by atoms with Gasteiger partial charge < -0.3 is 17.2 Å². The summed E-state index contributed by atoms with van der Waals surface area (Å²) in [6.07, 6.45) is 19.1. The molecule has 3 nitrogen and oxygen atoms in total. The highest BCUT2D eigenvalue weighted by Gasteiger charge is 1.97. The highest BCUT2D eigenvalue weighted by molar-refractivity contribution is 5.06. The quantitative estimate of drug-likeness (QED) is 0.286. The molecule has 23 heavy (non-hydrogen) atoms. The van der Waals surface area contributed by atoms with Gasteiger partial charge in [0.15, 0.2) is 0 Å². The zero-order valence-electron chi connectivity index (χ0n) is 16.4. The zero-order valence-corrected chi connectivity index (χ0v) is 16.4. The Kier molecular flexibility index (Phi) is 20.7. The van der Waals surface area contributed by atoms with E-state index in [1.807, 2.05) is 0 Å². The van der Waals surface area contributed by atoms with Gasteiger partial charge in [0, 0.05) is 6.54 Å². The van der Waals surface area contributed by atoms with Crippen LogP contribution in [0.4, 0.5) is 0 Å². The average Bonchev–Trinajstić information content (AvgIpc) is 2.51. The largest absolute Gasteiger partial charge is 0.386 e. The Morgan fingerprint density at radius 2 is 1.13 bits per heavy atom. The lowest BCUT2D eigenvalue weighted by atomic mass is 10.1. The van der Waals surface area contributed by atoms with Gasteiger partial charge in [-0.2, -0.15) is 0 Å². The zero-order chi connectivity index (χ0) is 16.5. The summed E-state index contributed by atoms with van der Waals surface area (Å²) in [5.41, 5.74) is 7.32. The normalized spacial score (nSPS) is 11.8. The van der Waals surface area contributed by atoms with Gasteiger partial charge >= 0.3 is 0 Å². The second-order valence-electron chi connectivity index (χ2n) is 6.76. The topological polar surface area (TPSA) is 73.0 Å². The molecule has 0 aromatic rings. The summed E-state index contributed by atoms with van der Waals surface area (Å²) in [7, 11) is 0. The molecule has 0 aliphatic heterocycles. The highest BCUT2D eigenvalue weighted by Crippen LogP contribution is 2.12. The standard InChI is InChI=1S/C20H42N2.H3N/c1-4-6-7-8-9-10-11-12-13-14-15-16-18-22-20(21)19(3)17-5-2;/h22H,4-18,21H2,1-3H3;1H3. The van der Waals surface area contributed by atoms with Gasteiger partial charge in [0.25, 0.3) is 0 Å². The predicted octanol–water partition coefficient (Wildman–Crippen LogP) is 6.43. The molecule has 0 fully saturated rings. The van der Waals surface area contributed by atoms with E-state index in [1.54, 1.807) is 0 Å². The van der Waals surface area contributed by atoms with Crippen LogP contribution < -0.4 is 17.2 Å². The SMILES string of the molecule is CCCCCCCCCCCCCCNC(N)=C(C)CCC.N. The average molecular weight is 328 g/mol. The van der Waals surface area contributed by atoms with Crippen molar-refractivity contribution in [3.8, 4) is 0 Å². The lowest BCUT2D eigenvalue weighted by Gasteiger charge is -2.10. The van der Waals surface area contributed by atoms with Crippen molar-refractivity contribution in [2.75, 3.05) is 6.54 Å². The van der Waals surface area contributed by atoms with E-state index in [1.165, 1.54) is 89.0 Å². The first-order chi connectivity index (χ1) is 10.7. The molecule has 0 unspecified atom stereocenters. The van der Waals surface area contributed by atoms with Crippen LogP contribution in [-0.2, 0) is 0 Å². The van der Waals surface area contributed by atoms with E-state index in [2.05, 4.69) is 26.1 Å². The van der Waals surface area contributed by atoms with E-state index in [0.717, 1.165) is 18.8 Å². The Hall–Kier alpha value is -0.700. The minimum absolute atomic E-state index is 0.